The van der Waals surface area contributed by atoms with Crippen molar-refractivity contribution in [3.05, 3.63) is 94.4 Å². The van der Waals surface area contributed by atoms with Gasteiger partial charge in [-0.25, -0.2) is 9.59 Å². The number of aromatic amines is 2. The zero-order valence-electron chi connectivity index (χ0n) is 21.0. The van der Waals surface area contributed by atoms with Crippen molar-refractivity contribution in [1.82, 2.24) is 9.97 Å². The molecule has 0 unspecified atom stereocenters. The van der Waals surface area contributed by atoms with Gasteiger partial charge in [-0.1, -0.05) is 49.7 Å². The van der Waals surface area contributed by atoms with E-state index in [1.165, 1.54) is 0 Å². The van der Waals surface area contributed by atoms with Crippen LogP contribution in [-0.4, -0.2) is 33.6 Å². The van der Waals surface area contributed by atoms with Crippen molar-refractivity contribution in [3.63, 3.8) is 0 Å². The summed E-state index contributed by atoms with van der Waals surface area (Å²) in [5, 5.41) is 23.7. The number of phenolic OH excluding ortho intramolecular Hbond substituents is 1. The monoisotopic (exact) mass is 523 g/mol. The van der Waals surface area contributed by atoms with Crippen molar-refractivity contribution >= 4 is 50.7 Å². The second kappa shape index (κ2) is 11.0. The third-order valence-corrected chi connectivity index (χ3v) is 6.13. The van der Waals surface area contributed by atoms with E-state index in [2.05, 4.69) is 25.5 Å². The van der Waals surface area contributed by atoms with Crippen LogP contribution in [0.3, 0.4) is 0 Å². The molecular weight excluding hydrogens is 498 g/mol. The van der Waals surface area contributed by atoms with Crippen molar-refractivity contribution < 1.29 is 19.4 Å². The number of benzene rings is 4. The zero-order chi connectivity index (χ0) is 27.4. The minimum absolute atomic E-state index is 0.0161. The van der Waals surface area contributed by atoms with Gasteiger partial charge >= 0.3 is 11.7 Å². The number of carbonyl (C=O) groups is 2. The number of azo groups is 1. The van der Waals surface area contributed by atoms with Crippen LogP contribution in [0.2, 0.25) is 0 Å². The first-order chi connectivity index (χ1) is 18.9. The molecule has 5 rings (SSSR count). The maximum Gasteiger partial charge on any atom is 0.340 e. The highest BCUT2D eigenvalue weighted by Crippen LogP contribution is 2.40. The molecule has 1 aromatic heterocycles. The van der Waals surface area contributed by atoms with Crippen LogP contribution in [0.5, 0.6) is 5.75 Å². The molecule has 0 spiro atoms. The van der Waals surface area contributed by atoms with Crippen molar-refractivity contribution in [2.24, 2.45) is 10.2 Å². The average Bonchev–Trinajstić information content (AvgIpc) is 3.31. The summed E-state index contributed by atoms with van der Waals surface area (Å²) in [6, 6.07) is 20.2. The molecule has 0 aliphatic rings. The van der Waals surface area contributed by atoms with E-state index in [4.69, 9.17) is 4.74 Å². The lowest BCUT2D eigenvalue weighted by Crippen LogP contribution is -2.12. The quantitative estimate of drug-likeness (QED) is 0.106. The normalized spacial score (nSPS) is 11.3. The molecule has 39 heavy (non-hydrogen) atoms. The Bertz CT molecular complexity index is 1790. The van der Waals surface area contributed by atoms with Crippen LogP contribution in [0, 0.1) is 0 Å². The molecule has 0 saturated carbocycles. The predicted octanol–water partition coefficient (Wildman–Crippen LogP) is 6.34. The summed E-state index contributed by atoms with van der Waals surface area (Å²) in [5.74, 6) is -1.46. The van der Waals surface area contributed by atoms with Crippen LogP contribution in [0.1, 0.15) is 40.5 Å². The number of imidazole rings is 1. The fourth-order valence-corrected chi connectivity index (χ4v) is 4.12. The van der Waals surface area contributed by atoms with E-state index in [1.54, 1.807) is 72.8 Å². The summed E-state index contributed by atoms with van der Waals surface area (Å²) in [7, 11) is 0. The smallest absolute Gasteiger partial charge is 0.340 e. The van der Waals surface area contributed by atoms with E-state index in [0.29, 0.717) is 34.1 Å². The van der Waals surface area contributed by atoms with E-state index >= 15 is 0 Å². The van der Waals surface area contributed by atoms with Gasteiger partial charge in [-0.15, -0.1) is 10.2 Å². The molecule has 196 valence electrons. The number of ether oxygens (including phenoxy) is 1. The fraction of sp³-hybridized carbons (Fsp3) is 0.138. The maximum atomic E-state index is 13.2. The van der Waals surface area contributed by atoms with E-state index in [1.807, 2.05) is 6.92 Å². The van der Waals surface area contributed by atoms with Gasteiger partial charge < -0.3 is 25.1 Å². The number of anilines is 1. The number of hydrogen-bond acceptors (Lipinski definition) is 7. The Labute approximate surface area is 222 Å². The molecule has 0 aliphatic carbocycles. The number of phenols is 1. The summed E-state index contributed by atoms with van der Waals surface area (Å²) in [6.45, 7) is 2.31. The number of carbonyl (C=O) groups excluding carboxylic acids is 2. The Morgan fingerprint density at radius 2 is 1.69 bits per heavy atom. The minimum Gasteiger partial charge on any atom is -0.505 e. The molecule has 1 heterocycles. The van der Waals surface area contributed by atoms with E-state index in [0.717, 1.165) is 12.8 Å². The largest absolute Gasteiger partial charge is 0.505 e. The number of H-pyrrole nitrogens is 2. The summed E-state index contributed by atoms with van der Waals surface area (Å²) in [5.41, 5.74) is 1.78. The van der Waals surface area contributed by atoms with Crippen LogP contribution >= 0.6 is 0 Å². The van der Waals surface area contributed by atoms with Crippen LogP contribution in [-0.2, 0) is 4.74 Å². The minimum atomic E-state index is -0.577. The summed E-state index contributed by atoms with van der Waals surface area (Å²) in [6.07, 6.45) is 1.65. The number of hydrogen-bond donors (Lipinski definition) is 4. The number of rotatable bonds is 8. The molecular formula is C29H25N5O5. The second-order valence-electron chi connectivity index (χ2n) is 8.84. The molecule has 0 atom stereocenters. The first kappa shape index (κ1) is 25.4. The summed E-state index contributed by atoms with van der Waals surface area (Å²) >= 11 is 0. The van der Waals surface area contributed by atoms with Gasteiger partial charge in [0.25, 0.3) is 5.91 Å². The lowest BCUT2D eigenvalue weighted by molar-refractivity contribution is 0.0500. The number of unbranched alkanes of at least 4 members (excludes halogenated alkanes) is 1. The van der Waals surface area contributed by atoms with E-state index < -0.39 is 11.9 Å². The predicted molar refractivity (Wildman–Crippen MR) is 148 cm³/mol. The van der Waals surface area contributed by atoms with Gasteiger partial charge in [-0.2, -0.15) is 0 Å². The van der Waals surface area contributed by atoms with Crippen LogP contribution in [0.15, 0.2) is 87.8 Å². The second-order valence-corrected chi connectivity index (χ2v) is 8.84. The van der Waals surface area contributed by atoms with Crippen molar-refractivity contribution in [2.45, 2.75) is 19.8 Å². The molecule has 0 fully saturated rings. The average molecular weight is 524 g/mol. The van der Waals surface area contributed by atoms with Crippen LogP contribution in [0.25, 0.3) is 21.8 Å². The summed E-state index contributed by atoms with van der Waals surface area (Å²) in [4.78, 5) is 42.7. The lowest BCUT2D eigenvalue weighted by atomic mass is 10.0. The van der Waals surface area contributed by atoms with Gasteiger partial charge in [0.2, 0.25) is 0 Å². The number of nitrogens with one attached hydrogen (secondary N) is 3. The van der Waals surface area contributed by atoms with Gasteiger partial charge in [0.1, 0.15) is 11.4 Å². The molecule has 10 heteroatoms. The topological polar surface area (TPSA) is 149 Å². The lowest BCUT2D eigenvalue weighted by Gasteiger charge is -2.11. The molecule has 0 aliphatic heterocycles. The highest BCUT2D eigenvalue weighted by Gasteiger charge is 2.19. The Hall–Kier alpha value is -5.25. The number of nitrogens with zero attached hydrogens (tertiary/aromatic N) is 2. The molecule has 4 N–H and O–H groups in total. The molecule has 5 aromatic rings. The third kappa shape index (κ3) is 5.40. The number of fused-ring (bicyclic) bond motifs is 2. The van der Waals surface area contributed by atoms with Crippen LogP contribution < -0.4 is 11.0 Å². The molecule has 10 nitrogen and oxygen atoms in total. The Morgan fingerprint density at radius 1 is 0.923 bits per heavy atom. The first-order valence-corrected chi connectivity index (χ1v) is 12.4. The standard InChI is InChI=1S/C29H25N5O5/c1-2-3-14-39-28(37)20-10-6-7-11-22(20)33-34-25-19-9-5-4-8-17(19)15-21(26(25)35)27(36)30-18-12-13-23-24(16-18)32-29(38)31-23/h4-13,15-16,35H,2-3,14H2,1H3,(H,30,36)(H2,31,32,38). The van der Waals surface area contributed by atoms with Gasteiger partial charge in [-0.3, -0.25) is 4.79 Å². The molecule has 0 radical (unpaired) electrons. The maximum absolute atomic E-state index is 13.2. The number of esters is 1. The van der Waals surface area contributed by atoms with Crippen molar-refractivity contribution in [3.8, 4) is 5.75 Å². The Kier molecular flexibility index (Phi) is 7.17. The number of amides is 1. The fourth-order valence-electron chi connectivity index (χ4n) is 4.12. The SMILES string of the molecule is CCCCOC(=O)c1ccccc1N=Nc1c(O)c(C(=O)Nc2ccc3[nH]c(=O)[nH]c3c2)cc2ccccc12. The Morgan fingerprint density at radius 3 is 2.54 bits per heavy atom. The molecule has 0 saturated heterocycles. The first-order valence-electron chi connectivity index (χ1n) is 12.4. The highest BCUT2D eigenvalue weighted by molar-refractivity contribution is 6.12. The molecule has 0 bridgehead atoms. The van der Waals surface area contributed by atoms with Gasteiger partial charge in [-0.05, 0) is 48.2 Å². The third-order valence-electron chi connectivity index (χ3n) is 6.13. The number of aromatic hydroxyl groups is 1. The van der Waals surface area contributed by atoms with Crippen LogP contribution in [0.4, 0.5) is 17.1 Å². The van der Waals surface area contributed by atoms with E-state index in [-0.39, 0.29) is 33.9 Å². The van der Waals surface area contributed by atoms with E-state index in [9.17, 15) is 19.5 Å². The number of aromatic nitrogens is 2. The molecule has 4 aromatic carbocycles. The van der Waals surface area contributed by atoms with Crippen molar-refractivity contribution in [2.75, 3.05) is 11.9 Å². The summed E-state index contributed by atoms with van der Waals surface area (Å²) < 4.78 is 5.33. The highest BCUT2D eigenvalue weighted by atomic mass is 16.5. The van der Waals surface area contributed by atoms with Crippen molar-refractivity contribution in [1.29, 1.82) is 0 Å². The van der Waals surface area contributed by atoms with Gasteiger partial charge in [0.05, 0.1) is 28.8 Å². The zero-order valence-corrected chi connectivity index (χ0v) is 21.0. The molecule has 1 amide bonds. The van der Waals surface area contributed by atoms with Gasteiger partial charge in [0, 0.05) is 11.1 Å². The Balaban J connectivity index is 1.50. The van der Waals surface area contributed by atoms with Gasteiger partial charge in [0.15, 0.2) is 5.75 Å².